The van der Waals surface area contributed by atoms with Crippen molar-refractivity contribution in [1.29, 1.82) is 0 Å². The summed E-state index contributed by atoms with van der Waals surface area (Å²) in [6.07, 6.45) is 0.117. The van der Waals surface area contributed by atoms with Crippen molar-refractivity contribution in [3.63, 3.8) is 0 Å². The Bertz CT molecular complexity index is 606. The molecular formula is C16H21IN2O5. The van der Waals surface area contributed by atoms with E-state index in [2.05, 4.69) is 5.32 Å². The molecule has 132 valence electrons. The molecule has 24 heavy (non-hydrogen) atoms. The van der Waals surface area contributed by atoms with Crippen LogP contribution in [-0.2, 0) is 19.1 Å². The molecule has 0 unspecified atom stereocenters. The molecule has 1 amide bonds. The number of hydrogen-bond donors (Lipinski definition) is 2. The summed E-state index contributed by atoms with van der Waals surface area (Å²) in [5, 5.41) is 2.60. The van der Waals surface area contributed by atoms with E-state index >= 15 is 0 Å². The largest absolute Gasteiger partial charge is 0.466 e. The average molecular weight is 448 g/mol. The molecule has 0 aromatic heterocycles. The lowest BCUT2D eigenvalue weighted by Crippen LogP contribution is -2.42. The van der Waals surface area contributed by atoms with E-state index in [-0.39, 0.29) is 26.1 Å². The van der Waals surface area contributed by atoms with E-state index in [1.807, 2.05) is 22.6 Å². The first-order chi connectivity index (χ1) is 11.4. The molecule has 0 fully saturated rings. The van der Waals surface area contributed by atoms with Gasteiger partial charge in [0.15, 0.2) is 0 Å². The summed E-state index contributed by atoms with van der Waals surface area (Å²) in [6, 6.07) is 3.89. The summed E-state index contributed by atoms with van der Waals surface area (Å²) >= 11 is 2.02. The molecule has 0 saturated carbocycles. The number of anilines is 1. The van der Waals surface area contributed by atoms with Gasteiger partial charge in [-0.3, -0.25) is 9.59 Å². The summed E-state index contributed by atoms with van der Waals surface area (Å²) in [5.74, 6) is -1.45. The highest BCUT2D eigenvalue weighted by atomic mass is 127. The van der Waals surface area contributed by atoms with Crippen molar-refractivity contribution in [3.05, 3.63) is 27.3 Å². The number of hydrogen-bond acceptors (Lipinski definition) is 6. The predicted molar refractivity (Wildman–Crippen MR) is 97.3 cm³/mol. The number of halogens is 1. The second-order valence-electron chi connectivity index (χ2n) is 4.86. The van der Waals surface area contributed by atoms with E-state index in [4.69, 9.17) is 15.2 Å². The maximum Gasteiger partial charge on any atom is 0.328 e. The zero-order valence-electron chi connectivity index (χ0n) is 13.6. The van der Waals surface area contributed by atoms with E-state index in [9.17, 15) is 14.4 Å². The zero-order chi connectivity index (χ0) is 18.1. The van der Waals surface area contributed by atoms with Crippen LogP contribution in [0.2, 0.25) is 0 Å². The molecule has 1 aromatic rings. The number of rotatable bonds is 8. The molecule has 0 saturated heterocycles. The smallest absolute Gasteiger partial charge is 0.328 e. The van der Waals surface area contributed by atoms with Crippen LogP contribution in [0, 0.1) is 3.57 Å². The van der Waals surface area contributed by atoms with E-state index in [0.29, 0.717) is 11.3 Å². The normalized spacial score (nSPS) is 11.5. The maximum atomic E-state index is 12.3. The van der Waals surface area contributed by atoms with Crippen LogP contribution in [0.4, 0.5) is 5.69 Å². The highest BCUT2D eigenvalue weighted by Gasteiger charge is 2.24. The van der Waals surface area contributed by atoms with Crippen molar-refractivity contribution < 1.29 is 23.9 Å². The maximum absolute atomic E-state index is 12.3. The van der Waals surface area contributed by atoms with Gasteiger partial charge in [0.2, 0.25) is 0 Å². The molecular weight excluding hydrogens is 427 g/mol. The van der Waals surface area contributed by atoms with Gasteiger partial charge in [0.25, 0.3) is 5.91 Å². The molecule has 0 radical (unpaired) electrons. The van der Waals surface area contributed by atoms with E-state index in [1.165, 1.54) is 0 Å². The minimum absolute atomic E-state index is 0.0108. The van der Waals surface area contributed by atoms with Gasteiger partial charge in [-0.05, 0) is 61.1 Å². The lowest BCUT2D eigenvalue weighted by atomic mass is 10.1. The van der Waals surface area contributed by atoms with Crippen molar-refractivity contribution in [1.82, 2.24) is 5.32 Å². The van der Waals surface area contributed by atoms with Gasteiger partial charge in [0, 0.05) is 21.2 Å². The van der Waals surface area contributed by atoms with Gasteiger partial charge in [-0.2, -0.15) is 0 Å². The molecule has 1 atom stereocenters. The molecule has 0 heterocycles. The van der Waals surface area contributed by atoms with Crippen LogP contribution in [0.5, 0.6) is 0 Å². The first-order valence-corrected chi connectivity index (χ1v) is 8.65. The number of nitrogens with two attached hydrogens (primary N) is 1. The Kier molecular flexibility index (Phi) is 8.51. The van der Waals surface area contributed by atoms with Gasteiger partial charge in [-0.25, -0.2) is 4.79 Å². The summed E-state index contributed by atoms with van der Waals surface area (Å²) in [5.41, 5.74) is 6.66. The SMILES string of the molecule is CCOC(=O)CC[C@H](NC(=O)c1ccc(N)c(I)c1)C(=O)OCC. The van der Waals surface area contributed by atoms with Crippen LogP contribution in [0.1, 0.15) is 37.0 Å². The molecule has 0 aliphatic carbocycles. The highest BCUT2D eigenvalue weighted by molar-refractivity contribution is 14.1. The number of nitrogens with one attached hydrogen (secondary N) is 1. The lowest BCUT2D eigenvalue weighted by Gasteiger charge is -2.17. The molecule has 0 aliphatic rings. The number of carbonyl (C=O) groups is 3. The van der Waals surface area contributed by atoms with Crippen LogP contribution in [0.25, 0.3) is 0 Å². The zero-order valence-corrected chi connectivity index (χ0v) is 15.8. The van der Waals surface area contributed by atoms with Gasteiger partial charge < -0.3 is 20.5 Å². The Balaban J connectivity index is 2.78. The Hall–Kier alpha value is -1.84. The molecule has 0 spiro atoms. The summed E-state index contributed by atoms with van der Waals surface area (Å²) in [4.78, 5) is 35.8. The summed E-state index contributed by atoms with van der Waals surface area (Å²) in [7, 11) is 0. The lowest BCUT2D eigenvalue weighted by molar-refractivity contribution is -0.146. The number of ether oxygens (including phenoxy) is 2. The molecule has 0 bridgehead atoms. The Morgan fingerprint density at radius 3 is 2.46 bits per heavy atom. The first kappa shape index (κ1) is 20.2. The van der Waals surface area contributed by atoms with Gasteiger partial charge in [0.05, 0.1) is 13.2 Å². The average Bonchev–Trinajstić information content (AvgIpc) is 2.54. The number of benzene rings is 1. The fraction of sp³-hybridized carbons (Fsp3) is 0.438. The molecule has 3 N–H and O–H groups in total. The second kappa shape index (κ2) is 10.1. The van der Waals surface area contributed by atoms with E-state index < -0.39 is 23.9 Å². The topological polar surface area (TPSA) is 108 Å². The first-order valence-electron chi connectivity index (χ1n) is 7.57. The van der Waals surface area contributed by atoms with E-state index in [0.717, 1.165) is 3.57 Å². The van der Waals surface area contributed by atoms with Crippen LogP contribution >= 0.6 is 22.6 Å². The van der Waals surface area contributed by atoms with Crippen molar-refractivity contribution >= 4 is 46.1 Å². The van der Waals surface area contributed by atoms with Crippen LogP contribution < -0.4 is 11.1 Å². The molecule has 1 aromatic carbocycles. The third kappa shape index (κ3) is 6.34. The number of esters is 2. The number of nitrogen functional groups attached to an aromatic ring is 1. The number of amides is 1. The Morgan fingerprint density at radius 1 is 1.21 bits per heavy atom. The summed E-state index contributed by atoms with van der Waals surface area (Å²) < 4.78 is 10.5. The van der Waals surface area contributed by atoms with Crippen molar-refractivity contribution in [2.24, 2.45) is 0 Å². The third-order valence-corrected chi connectivity index (χ3v) is 4.02. The quantitative estimate of drug-likeness (QED) is 0.357. The molecule has 7 nitrogen and oxygen atoms in total. The van der Waals surface area contributed by atoms with Gasteiger partial charge in [-0.15, -0.1) is 0 Å². The van der Waals surface area contributed by atoms with Crippen molar-refractivity contribution in [2.75, 3.05) is 18.9 Å². The van der Waals surface area contributed by atoms with Crippen LogP contribution in [0.3, 0.4) is 0 Å². The Labute approximate surface area is 154 Å². The van der Waals surface area contributed by atoms with Gasteiger partial charge >= 0.3 is 11.9 Å². The number of carbonyl (C=O) groups excluding carboxylic acids is 3. The minimum atomic E-state index is -0.919. The van der Waals surface area contributed by atoms with Crippen molar-refractivity contribution in [2.45, 2.75) is 32.7 Å². The Morgan fingerprint density at radius 2 is 1.88 bits per heavy atom. The van der Waals surface area contributed by atoms with Crippen LogP contribution in [-0.4, -0.2) is 37.1 Å². The van der Waals surface area contributed by atoms with Crippen LogP contribution in [0.15, 0.2) is 18.2 Å². The highest BCUT2D eigenvalue weighted by Crippen LogP contribution is 2.16. The van der Waals surface area contributed by atoms with Gasteiger partial charge in [-0.1, -0.05) is 0 Å². The standard InChI is InChI=1S/C16H21IN2O5/c1-3-23-14(20)8-7-13(16(22)24-4-2)19-15(21)10-5-6-12(18)11(17)9-10/h5-6,9,13H,3-4,7-8,18H2,1-2H3,(H,19,21)/t13-/m0/s1. The molecule has 0 aliphatic heterocycles. The monoisotopic (exact) mass is 448 g/mol. The fourth-order valence-electron chi connectivity index (χ4n) is 1.90. The minimum Gasteiger partial charge on any atom is -0.466 e. The molecule has 8 heteroatoms. The summed E-state index contributed by atoms with van der Waals surface area (Å²) in [6.45, 7) is 3.82. The fourth-order valence-corrected chi connectivity index (χ4v) is 2.41. The molecule has 1 rings (SSSR count). The van der Waals surface area contributed by atoms with E-state index in [1.54, 1.807) is 32.0 Å². The third-order valence-electron chi connectivity index (χ3n) is 3.08. The predicted octanol–water partition coefficient (Wildman–Crippen LogP) is 1.88. The van der Waals surface area contributed by atoms with Crippen molar-refractivity contribution in [3.8, 4) is 0 Å². The second-order valence-corrected chi connectivity index (χ2v) is 6.02. The van der Waals surface area contributed by atoms with Gasteiger partial charge in [0.1, 0.15) is 6.04 Å².